The van der Waals surface area contributed by atoms with E-state index in [0.717, 1.165) is 12.1 Å². The topological polar surface area (TPSA) is 118 Å². The van der Waals surface area contributed by atoms with Crippen LogP contribution in [0.2, 0.25) is 0 Å². The Labute approximate surface area is 172 Å². The summed E-state index contributed by atoms with van der Waals surface area (Å²) in [6.45, 7) is 3.38. The van der Waals surface area contributed by atoms with Crippen molar-refractivity contribution < 1.29 is 33.3 Å². The van der Waals surface area contributed by atoms with E-state index < -0.39 is 29.6 Å². The van der Waals surface area contributed by atoms with Crippen LogP contribution in [0, 0.1) is 23.0 Å². The summed E-state index contributed by atoms with van der Waals surface area (Å²) in [7, 11) is 0. The number of carbonyl (C=O) groups is 1. The van der Waals surface area contributed by atoms with Gasteiger partial charge in [0.1, 0.15) is 12.7 Å². The summed E-state index contributed by atoms with van der Waals surface area (Å²) >= 11 is 0. The number of hydrogen-bond donors (Lipinski definition) is 3. The zero-order valence-corrected chi connectivity index (χ0v) is 16.3. The van der Waals surface area contributed by atoms with E-state index in [1.54, 1.807) is 6.07 Å². The average molecular weight is 426 g/mol. The number of carboxylic acid groups (broad SMARTS) is 1. The number of fused-ring (bicyclic) bond motifs is 2. The van der Waals surface area contributed by atoms with Gasteiger partial charge in [0.2, 0.25) is 0 Å². The molecule has 0 spiro atoms. The van der Waals surface area contributed by atoms with Crippen LogP contribution in [0.15, 0.2) is 12.1 Å². The Morgan fingerprint density at radius 1 is 1.27 bits per heavy atom. The van der Waals surface area contributed by atoms with E-state index in [9.17, 15) is 18.7 Å². The molecule has 3 rings (SSSR count). The summed E-state index contributed by atoms with van der Waals surface area (Å²) in [6, 6.07) is 3.42. The van der Waals surface area contributed by atoms with Gasteiger partial charge < -0.3 is 25.0 Å². The fraction of sp³-hybridized carbons (Fsp3) is 0.579. The number of morpholine rings is 2. The fourth-order valence-electron chi connectivity index (χ4n) is 3.81. The predicted molar refractivity (Wildman–Crippen MR) is 100 cm³/mol. The van der Waals surface area contributed by atoms with E-state index in [1.165, 1.54) is 0 Å². The molecule has 2 unspecified atom stereocenters. The van der Waals surface area contributed by atoms with E-state index in [0.29, 0.717) is 39.3 Å². The molecule has 3 atom stereocenters. The monoisotopic (exact) mass is 426 g/mol. The summed E-state index contributed by atoms with van der Waals surface area (Å²) < 4.78 is 38.8. The van der Waals surface area contributed by atoms with E-state index in [1.807, 2.05) is 4.90 Å². The van der Waals surface area contributed by atoms with Crippen LogP contribution in [0.3, 0.4) is 0 Å². The van der Waals surface area contributed by atoms with E-state index in [2.05, 4.69) is 10.2 Å². The Balaban J connectivity index is 1.45. The summed E-state index contributed by atoms with van der Waals surface area (Å²) in [4.78, 5) is 14.7. The molecule has 2 heterocycles. The molecule has 1 aromatic carbocycles. The molecule has 0 radical (unpaired) electrons. The number of ether oxygens (including phenoxy) is 2. The Kier molecular flexibility index (Phi) is 7.38. The minimum Gasteiger partial charge on any atom is -0.485 e. The normalized spacial score (nSPS) is 22.9. The Bertz CT molecular complexity index is 769. The lowest BCUT2D eigenvalue weighted by molar-refractivity contribution is -0.142. The summed E-state index contributed by atoms with van der Waals surface area (Å²) in [5.74, 6) is -2.59. The molecule has 1 aromatic rings. The van der Waals surface area contributed by atoms with Crippen molar-refractivity contribution in [2.75, 3.05) is 52.4 Å². The second-order valence-electron chi connectivity index (χ2n) is 7.44. The highest BCUT2D eigenvalue weighted by molar-refractivity contribution is 5.64. The zero-order chi connectivity index (χ0) is 21.7. The number of nitriles is 1. The third-order valence-electron chi connectivity index (χ3n) is 4.95. The molecule has 0 aromatic heterocycles. The Morgan fingerprint density at radius 3 is 2.43 bits per heavy atom. The minimum absolute atomic E-state index is 0.0659. The van der Waals surface area contributed by atoms with Crippen LogP contribution >= 0.6 is 0 Å². The summed E-state index contributed by atoms with van der Waals surface area (Å²) in [6.07, 6.45) is -2.14. The number of hydrogen-bond acceptors (Lipinski definition) is 7. The van der Waals surface area contributed by atoms with Crippen molar-refractivity contribution in [3.05, 3.63) is 29.3 Å². The van der Waals surface area contributed by atoms with E-state index >= 15 is 0 Å². The highest BCUT2D eigenvalue weighted by atomic mass is 19.1. The van der Waals surface area contributed by atoms with Gasteiger partial charge >= 0.3 is 6.09 Å². The first-order valence-corrected chi connectivity index (χ1v) is 9.61. The molecule has 164 valence electrons. The fourth-order valence-corrected chi connectivity index (χ4v) is 3.81. The van der Waals surface area contributed by atoms with Crippen LogP contribution in [0.1, 0.15) is 5.56 Å². The molecule has 0 aliphatic carbocycles. The van der Waals surface area contributed by atoms with Gasteiger partial charge in [-0.3, -0.25) is 9.80 Å². The second-order valence-corrected chi connectivity index (χ2v) is 7.44. The molecule has 2 fully saturated rings. The lowest BCUT2D eigenvalue weighted by atomic mass is 10.1. The van der Waals surface area contributed by atoms with Crippen molar-refractivity contribution >= 4 is 6.09 Å². The van der Waals surface area contributed by atoms with Crippen molar-refractivity contribution in [1.82, 2.24) is 15.1 Å². The molecule has 2 aliphatic heterocycles. The smallest absolute Gasteiger partial charge is 0.404 e. The van der Waals surface area contributed by atoms with Crippen LogP contribution in [0.5, 0.6) is 5.75 Å². The van der Waals surface area contributed by atoms with E-state index in [4.69, 9.17) is 19.8 Å². The second kappa shape index (κ2) is 9.99. The van der Waals surface area contributed by atoms with Crippen molar-refractivity contribution in [3.63, 3.8) is 0 Å². The molecule has 3 N–H and O–H groups in total. The van der Waals surface area contributed by atoms with Crippen molar-refractivity contribution in [2.24, 2.45) is 0 Å². The number of rotatable bonds is 8. The predicted octanol–water partition coefficient (Wildman–Crippen LogP) is 0.229. The number of β-amino-alcohol motifs (C(OH)–C–C–N with tert-alkyl or cyclic N) is 1. The Hall–Kier alpha value is -2.52. The maximum Gasteiger partial charge on any atom is 0.404 e. The van der Waals surface area contributed by atoms with Gasteiger partial charge in [-0.2, -0.15) is 5.26 Å². The van der Waals surface area contributed by atoms with Crippen LogP contribution in [0.4, 0.5) is 13.6 Å². The van der Waals surface area contributed by atoms with Crippen molar-refractivity contribution in [1.29, 1.82) is 5.26 Å². The zero-order valence-electron chi connectivity index (χ0n) is 16.3. The van der Waals surface area contributed by atoms with Crippen LogP contribution in [-0.2, 0) is 4.74 Å². The molecule has 0 saturated carbocycles. The molecule has 9 nitrogen and oxygen atoms in total. The first-order chi connectivity index (χ1) is 14.3. The molecule has 2 saturated heterocycles. The van der Waals surface area contributed by atoms with Gasteiger partial charge in [0.25, 0.3) is 0 Å². The molecule has 1 amide bonds. The maximum atomic E-state index is 13.9. The van der Waals surface area contributed by atoms with Crippen molar-refractivity contribution in [3.8, 4) is 11.8 Å². The number of halogens is 2. The van der Waals surface area contributed by atoms with Gasteiger partial charge in [-0.05, 0) is 12.1 Å². The largest absolute Gasteiger partial charge is 0.485 e. The number of nitrogens with zero attached hydrogens (tertiary/aromatic N) is 3. The van der Waals surface area contributed by atoms with Gasteiger partial charge in [-0.1, -0.05) is 0 Å². The maximum absolute atomic E-state index is 13.9. The first-order valence-electron chi connectivity index (χ1n) is 9.61. The highest BCUT2D eigenvalue weighted by Crippen LogP contribution is 2.24. The van der Waals surface area contributed by atoms with Crippen LogP contribution in [0.25, 0.3) is 0 Å². The van der Waals surface area contributed by atoms with Gasteiger partial charge in [-0.15, -0.1) is 0 Å². The number of aliphatic hydroxyl groups is 1. The lowest BCUT2D eigenvalue weighted by Gasteiger charge is -2.46. The Morgan fingerprint density at radius 2 is 1.87 bits per heavy atom. The standard InChI is InChI=1S/C19H24F2N4O5/c20-16-3-12(5-22)4-17(21)18(16)29-11-13(26)6-25-9-14-7-24(2-1-23-19(27)28)8-15(10-25)30-14/h3-4,13-15,23,26H,1-2,6-11H2,(H,27,28)/t13-,14?,15?/m0/s1. The molecular weight excluding hydrogens is 402 g/mol. The summed E-state index contributed by atoms with van der Waals surface area (Å²) in [5, 5.41) is 30.0. The molecule has 2 bridgehead atoms. The van der Waals surface area contributed by atoms with Gasteiger partial charge in [0, 0.05) is 45.8 Å². The highest BCUT2D eigenvalue weighted by Gasteiger charge is 2.35. The van der Waals surface area contributed by atoms with Gasteiger partial charge in [0.05, 0.1) is 23.8 Å². The van der Waals surface area contributed by atoms with Crippen LogP contribution in [-0.4, -0.2) is 96.8 Å². The lowest BCUT2D eigenvalue weighted by Crippen LogP contribution is -2.61. The average Bonchev–Trinajstić information content (AvgIpc) is 2.66. The number of benzene rings is 1. The van der Waals surface area contributed by atoms with Crippen LogP contribution < -0.4 is 10.1 Å². The molecule has 30 heavy (non-hydrogen) atoms. The quantitative estimate of drug-likeness (QED) is 0.541. The number of nitrogens with one attached hydrogen (secondary N) is 1. The molecular formula is C19H24F2N4O5. The SMILES string of the molecule is N#Cc1cc(F)c(OC[C@@H](O)CN2CC3CN(CCNC(=O)O)CC(C2)O3)c(F)c1. The van der Waals surface area contributed by atoms with Crippen molar-refractivity contribution in [2.45, 2.75) is 18.3 Å². The third-order valence-corrected chi connectivity index (χ3v) is 4.95. The molecule has 2 aliphatic rings. The van der Waals surface area contributed by atoms with Gasteiger partial charge in [-0.25, -0.2) is 13.6 Å². The number of amides is 1. The van der Waals surface area contributed by atoms with Gasteiger partial charge in [0.15, 0.2) is 17.4 Å². The molecule has 11 heteroatoms. The first kappa shape index (κ1) is 22.2. The van der Waals surface area contributed by atoms with E-state index in [-0.39, 0.29) is 30.9 Å². The number of aliphatic hydroxyl groups excluding tert-OH is 1. The third kappa shape index (κ3) is 5.99. The summed E-state index contributed by atoms with van der Waals surface area (Å²) in [5.41, 5.74) is -0.148. The minimum atomic E-state index is -1.05.